The number of nitrogens with zero attached hydrogens (tertiary/aromatic N) is 2. The Morgan fingerprint density at radius 1 is 1.47 bits per heavy atom. The van der Waals surface area contributed by atoms with Crippen LogP contribution in [0.25, 0.3) is 11.3 Å². The summed E-state index contributed by atoms with van der Waals surface area (Å²) < 4.78 is 4.63. The van der Waals surface area contributed by atoms with Gasteiger partial charge in [-0.05, 0) is 19.1 Å². The summed E-state index contributed by atoms with van der Waals surface area (Å²) in [5.74, 6) is -1.06. The van der Waals surface area contributed by atoms with E-state index >= 15 is 0 Å². The molecule has 2 heterocycles. The monoisotopic (exact) mass is 204 g/mol. The van der Waals surface area contributed by atoms with Crippen molar-refractivity contribution in [1.82, 2.24) is 10.1 Å². The molecule has 0 aliphatic rings. The average molecular weight is 204 g/mol. The molecule has 0 atom stereocenters. The smallest absolute Gasteiger partial charge is 0.341 e. The van der Waals surface area contributed by atoms with E-state index in [2.05, 4.69) is 14.7 Å². The number of pyridine rings is 1. The molecule has 2 aromatic rings. The van der Waals surface area contributed by atoms with Crippen molar-refractivity contribution in [3.05, 3.63) is 35.9 Å². The number of rotatable bonds is 2. The lowest BCUT2D eigenvalue weighted by Gasteiger charge is -1.97. The molecule has 0 radical (unpaired) electrons. The van der Waals surface area contributed by atoms with Gasteiger partial charge in [-0.1, -0.05) is 5.16 Å². The maximum Gasteiger partial charge on any atom is 0.341 e. The number of carboxylic acids is 1. The molecule has 0 aliphatic heterocycles. The van der Waals surface area contributed by atoms with Crippen molar-refractivity contribution >= 4 is 5.97 Å². The van der Waals surface area contributed by atoms with Gasteiger partial charge in [-0.15, -0.1) is 0 Å². The highest BCUT2D eigenvalue weighted by Gasteiger charge is 2.16. The van der Waals surface area contributed by atoms with Crippen LogP contribution < -0.4 is 0 Å². The summed E-state index contributed by atoms with van der Waals surface area (Å²) in [6, 6.07) is 3.54. The fraction of sp³-hybridized carbons (Fsp3) is 0.100. The Hall–Kier alpha value is -2.17. The zero-order valence-corrected chi connectivity index (χ0v) is 7.97. The Balaban J connectivity index is 2.49. The van der Waals surface area contributed by atoms with Gasteiger partial charge in [0.2, 0.25) is 0 Å². The predicted molar refractivity (Wildman–Crippen MR) is 51.4 cm³/mol. The molecule has 2 aromatic heterocycles. The van der Waals surface area contributed by atoms with Crippen molar-refractivity contribution < 1.29 is 14.4 Å². The Labute approximate surface area is 85.4 Å². The molecule has 0 saturated carbocycles. The fourth-order valence-electron chi connectivity index (χ4n) is 1.20. The summed E-state index contributed by atoms with van der Waals surface area (Å²) >= 11 is 0. The van der Waals surface area contributed by atoms with Gasteiger partial charge in [-0.25, -0.2) is 4.79 Å². The summed E-state index contributed by atoms with van der Waals surface area (Å²) in [6.07, 6.45) is 2.68. The summed E-state index contributed by atoms with van der Waals surface area (Å²) in [7, 11) is 0. The van der Waals surface area contributed by atoms with E-state index < -0.39 is 5.97 Å². The first-order valence-electron chi connectivity index (χ1n) is 4.29. The SMILES string of the molecule is Cc1ccc(-c2nocc2C(=O)O)cn1. The third-order valence-corrected chi connectivity index (χ3v) is 1.98. The van der Waals surface area contributed by atoms with Gasteiger partial charge < -0.3 is 9.63 Å². The summed E-state index contributed by atoms with van der Waals surface area (Å²) in [4.78, 5) is 14.9. The van der Waals surface area contributed by atoms with Crippen molar-refractivity contribution in [3.8, 4) is 11.3 Å². The second-order valence-electron chi connectivity index (χ2n) is 3.07. The van der Waals surface area contributed by atoms with Crippen LogP contribution >= 0.6 is 0 Å². The molecule has 0 amide bonds. The Morgan fingerprint density at radius 3 is 2.87 bits per heavy atom. The lowest BCUT2D eigenvalue weighted by molar-refractivity contribution is 0.0697. The Kier molecular flexibility index (Phi) is 2.21. The van der Waals surface area contributed by atoms with Crippen molar-refractivity contribution in [2.45, 2.75) is 6.92 Å². The lowest BCUT2D eigenvalue weighted by atomic mass is 10.1. The number of hydrogen-bond acceptors (Lipinski definition) is 4. The fourth-order valence-corrected chi connectivity index (χ4v) is 1.20. The van der Waals surface area contributed by atoms with Crippen molar-refractivity contribution in [1.29, 1.82) is 0 Å². The topological polar surface area (TPSA) is 76.2 Å². The molecule has 0 bridgehead atoms. The Morgan fingerprint density at radius 2 is 2.27 bits per heavy atom. The Bertz CT molecular complexity index is 488. The highest BCUT2D eigenvalue weighted by atomic mass is 16.5. The largest absolute Gasteiger partial charge is 0.477 e. The summed E-state index contributed by atoms with van der Waals surface area (Å²) in [5.41, 5.74) is 1.83. The van der Waals surface area contributed by atoms with E-state index in [1.165, 1.54) is 0 Å². The average Bonchev–Trinajstić information content (AvgIpc) is 2.67. The number of aryl methyl sites for hydroxylation is 1. The van der Waals surface area contributed by atoms with E-state index in [4.69, 9.17) is 5.11 Å². The third-order valence-electron chi connectivity index (χ3n) is 1.98. The van der Waals surface area contributed by atoms with Crippen LogP contribution in [-0.4, -0.2) is 21.2 Å². The number of aromatic nitrogens is 2. The first-order chi connectivity index (χ1) is 7.18. The van der Waals surface area contributed by atoms with Gasteiger partial charge in [-0.2, -0.15) is 0 Å². The first kappa shape index (κ1) is 9.39. The van der Waals surface area contributed by atoms with Crippen LogP contribution in [0.5, 0.6) is 0 Å². The molecule has 15 heavy (non-hydrogen) atoms. The number of hydrogen-bond donors (Lipinski definition) is 1. The standard InChI is InChI=1S/C10H8N2O3/c1-6-2-3-7(4-11-6)9-8(10(13)14)5-15-12-9/h2-5H,1H3,(H,13,14). The van der Waals surface area contributed by atoms with E-state index in [0.29, 0.717) is 11.3 Å². The van der Waals surface area contributed by atoms with E-state index in [0.717, 1.165) is 12.0 Å². The van der Waals surface area contributed by atoms with Crippen molar-refractivity contribution in [3.63, 3.8) is 0 Å². The minimum atomic E-state index is -1.06. The summed E-state index contributed by atoms with van der Waals surface area (Å²) in [6.45, 7) is 1.85. The van der Waals surface area contributed by atoms with Gasteiger partial charge in [0, 0.05) is 17.5 Å². The second-order valence-corrected chi connectivity index (χ2v) is 3.07. The normalized spacial score (nSPS) is 10.2. The quantitative estimate of drug-likeness (QED) is 0.806. The third kappa shape index (κ3) is 1.71. The maximum absolute atomic E-state index is 10.8. The van der Waals surface area contributed by atoms with E-state index in [-0.39, 0.29) is 5.56 Å². The van der Waals surface area contributed by atoms with Gasteiger partial charge in [0.1, 0.15) is 17.5 Å². The van der Waals surface area contributed by atoms with Gasteiger partial charge in [-0.3, -0.25) is 4.98 Å². The zero-order valence-electron chi connectivity index (χ0n) is 7.97. The molecule has 0 unspecified atom stereocenters. The van der Waals surface area contributed by atoms with Gasteiger partial charge in [0.15, 0.2) is 0 Å². The van der Waals surface area contributed by atoms with E-state index in [1.54, 1.807) is 18.3 Å². The van der Waals surface area contributed by atoms with Gasteiger partial charge in [0.05, 0.1) is 0 Å². The molecule has 0 saturated heterocycles. The molecule has 0 aromatic carbocycles. The molecule has 76 valence electrons. The van der Waals surface area contributed by atoms with Crippen LogP contribution in [0.1, 0.15) is 16.1 Å². The maximum atomic E-state index is 10.8. The highest BCUT2D eigenvalue weighted by molar-refractivity contribution is 5.94. The first-order valence-corrected chi connectivity index (χ1v) is 4.29. The van der Waals surface area contributed by atoms with Crippen LogP contribution in [0.15, 0.2) is 29.1 Å². The zero-order chi connectivity index (χ0) is 10.8. The minimum Gasteiger partial charge on any atom is -0.477 e. The molecule has 0 fully saturated rings. The molecule has 5 nitrogen and oxygen atoms in total. The molecule has 1 N–H and O–H groups in total. The number of carboxylic acid groups (broad SMARTS) is 1. The minimum absolute atomic E-state index is 0.0423. The summed E-state index contributed by atoms with van der Waals surface area (Å²) in [5, 5.41) is 12.5. The molecule has 5 heteroatoms. The van der Waals surface area contributed by atoms with E-state index in [1.807, 2.05) is 6.92 Å². The van der Waals surface area contributed by atoms with Crippen LogP contribution in [0.2, 0.25) is 0 Å². The second kappa shape index (κ2) is 3.53. The van der Waals surface area contributed by atoms with E-state index in [9.17, 15) is 4.79 Å². The van der Waals surface area contributed by atoms with Crippen molar-refractivity contribution in [2.24, 2.45) is 0 Å². The van der Waals surface area contributed by atoms with Crippen LogP contribution in [-0.2, 0) is 0 Å². The highest BCUT2D eigenvalue weighted by Crippen LogP contribution is 2.21. The van der Waals surface area contributed by atoms with Crippen LogP contribution in [0, 0.1) is 6.92 Å². The lowest BCUT2D eigenvalue weighted by Crippen LogP contribution is -1.97. The molecular weight excluding hydrogens is 196 g/mol. The number of aromatic carboxylic acids is 1. The number of carbonyl (C=O) groups is 1. The molecular formula is C10H8N2O3. The predicted octanol–water partition coefficient (Wildman–Crippen LogP) is 1.74. The van der Waals surface area contributed by atoms with Crippen molar-refractivity contribution in [2.75, 3.05) is 0 Å². The van der Waals surface area contributed by atoms with Crippen LogP contribution in [0.3, 0.4) is 0 Å². The van der Waals surface area contributed by atoms with Crippen LogP contribution in [0.4, 0.5) is 0 Å². The van der Waals surface area contributed by atoms with Gasteiger partial charge >= 0.3 is 5.97 Å². The molecule has 0 spiro atoms. The molecule has 2 rings (SSSR count). The van der Waals surface area contributed by atoms with Gasteiger partial charge in [0.25, 0.3) is 0 Å². The molecule has 0 aliphatic carbocycles.